The van der Waals surface area contributed by atoms with Gasteiger partial charge in [-0.05, 0) is 25.8 Å². The molecule has 0 aromatic heterocycles. The lowest BCUT2D eigenvalue weighted by Gasteiger charge is -1.98. The summed E-state index contributed by atoms with van der Waals surface area (Å²) < 4.78 is 17.3. The van der Waals surface area contributed by atoms with Gasteiger partial charge in [-0.1, -0.05) is 19.8 Å². The summed E-state index contributed by atoms with van der Waals surface area (Å²) in [6.07, 6.45) is 4.98. The Hall–Kier alpha value is -0.860. The first kappa shape index (κ1) is 12.1. The summed E-state index contributed by atoms with van der Waals surface area (Å²) in [5, 5.41) is 0. The molecule has 0 bridgehead atoms. The molecule has 0 aromatic carbocycles. The van der Waals surface area contributed by atoms with Crippen LogP contribution in [0.4, 0.5) is 4.39 Å². The van der Waals surface area contributed by atoms with Gasteiger partial charge in [0.25, 0.3) is 0 Å². The summed E-state index contributed by atoms with van der Waals surface area (Å²) in [4.78, 5) is 10.7. The topological polar surface area (TPSA) is 26.3 Å². The predicted octanol–water partition coefficient (Wildman–Crippen LogP) is 2.98. The van der Waals surface area contributed by atoms with Crippen LogP contribution in [0.5, 0.6) is 0 Å². The van der Waals surface area contributed by atoms with Crippen molar-refractivity contribution in [3.8, 4) is 0 Å². The van der Waals surface area contributed by atoms with Crippen LogP contribution in [0, 0.1) is 0 Å². The number of carbonyl (C=O) groups excluding carboxylic acids is 1. The number of rotatable bonds is 6. The molecule has 0 fully saturated rings. The molecule has 2 nitrogen and oxygen atoms in total. The number of unbranched alkanes of at least 4 members (excludes halogenated alkanes) is 3. The second-order valence-electron chi connectivity index (χ2n) is 2.77. The van der Waals surface area contributed by atoms with Crippen molar-refractivity contribution >= 4 is 5.97 Å². The number of hydrogen-bond donors (Lipinski definition) is 0. The highest BCUT2D eigenvalue weighted by Gasteiger charge is 2.07. The van der Waals surface area contributed by atoms with Crippen LogP contribution in [0.2, 0.25) is 0 Å². The molecule has 0 radical (unpaired) electrons. The molecule has 76 valence electrons. The molecule has 0 amide bonds. The number of hydrogen-bond acceptors (Lipinski definition) is 2. The maximum atomic E-state index is 12.8. The van der Waals surface area contributed by atoms with Gasteiger partial charge >= 0.3 is 5.97 Å². The average molecular weight is 188 g/mol. The van der Waals surface area contributed by atoms with Gasteiger partial charge in [0.2, 0.25) is 5.83 Å². The molecule has 0 heterocycles. The number of esters is 1. The minimum Gasteiger partial charge on any atom is -0.461 e. The molecular weight excluding hydrogens is 171 g/mol. The lowest BCUT2D eigenvalue weighted by molar-refractivity contribution is -0.140. The van der Waals surface area contributed by atoms with Crippen LogP contribution in [0.3, 0.4) is 0 Å². The van der Waals surface area contributed by atoms with Crippen LogP contribution in [0.1, 0.15) is 39.5 Å². The Bertz CT molecular complexity index is 176. The van der Waals surface area contributed by atoms with Crippen molar-refractivity contribution in [3.63, 3.8) is 0 Å². The van der Waals surface area contributed by atoms with Crippen LogP contribution in [-0.4, -0.2) is 12.6 Å². The fourth-order valence-corrected chi connectivity index (χ4v) is 0.906. The van der Waals surface area contributed by atoms with E-state index in [1.54, 1.807) is 6.92 Å². The van der Waals surface area contributed by atoms with E-state index < -0.39 is 11.8 Å². The molecule has 0 aromatic rings. The van der Waals surface area contributed by atoms with Gasteiger partial charge in [0, 0.05) is 0 Å². The van der Waals surface area contributed by atoms with Crippen molar-refractivity contribution in [2.45, 2.75) is 39.5 Å². The van der Waals surface area contributed by atoms with Gasteiger partial charge < -0.3 is 4.74 Å². The first-order valence-electron chi connectivity index (χ1n) is 4.75. The Kier molecular flexibility index (Phi) is 7.26. The number of halogens is 1. The Morgan fingerprint density at radius 1 is 1.38 bits per heavy atom. The van der Waals surface area contributed by atoms with Crippen molar-refractivity contribution < 1.29 is 13.9 Å². The third-order valence-corrected chi connectivity index (χ3v) is 1.60. The largest absolute Gasteiger partial charge is 0.461 e. The molecule has 0 rings (SSSR count). The van der Waals surface area contributed by atoms with E-state index in [1.165, 1.54) is 6.08 Å². The summed E-state index contributed by atoms with van der Waals surface area (Å²) in [7, 11) is 0. The standard InChI is InChI=1S/C10H17FO2/c1-3-5-6-7-8-9(11)10(12)13-4-2/h8H,3-7H2,1-2H3/b9-8+. The van der Waals surface area contributed by atoms with Gasteiger partial charge in [0.1, 0.15) is 0 Å². The highest BCUT2D eigenvalue weighted by molar-refractivity contribution is 5.85. The summed E-state index contributed by atoms with van der Waals surface area (Å²) >= 11 is 0. The molecular formula is C10H17FO2. The van der Waals surface area contributed by atoms with Crippen molar-refractivity contribution in [1.29, 1.82) is 0 Å². The Morgan fingerprint density at radius 2 is 2.08 bits per heavy atom. The first-order valence-corrected chi connectivity index (χ1v) is 4.75. The monoisotopic (exact) mass is 188 g/mol. The fourth-order valence-electron chi connectivity index (χ4n) is 0.906. The lowest BCUT2D eigenvalue weighted by Crippen LogP contribution is -2.03. The molecule has 13 heavy (non-hydrogen) atoms. The van der Waals surface area contributed by atoms with E-state index in [0.29, 0.717) is 6.42 Å². The maximum absolute atomic E-state index is 12.8. The van der Waals surface area contributed by atoms with Crippen LogP contribution < -0.4 is 0 Å². The van der Waals surface area contributed by atoms with Crippen molar-refractivity contribution in [2.75, 3.05) is 6.61 Å². The molecule has 0 aliphatic carbocycles. The quantitative estimate of drug-likeness (QED) is 0.364. The molecule has 0 unspecified atom stereocenters. The first-order chi connectivity index (χ1) is 6.22. The Morgan fingerprint density at radius 3 is 2.62 bits per heavy atom. The third kappa shape index (κ3) is 6.31. The van der Waals surface area contributed by atoms with E-state index in [-0.39, 0.29) is 6.61 Å². The van der Waals surface area contributed by atoms with E-state index in [1.807, 2.05) is 0 Å². The smallest absolute Gasteiger partial charge is 0.366 e. The third-order valence-electron chi connectivity index (χ3n) is 1.60. The molecule has 0 saturated heterocycles. The van der Waals surface area contributed by atoms with Gasteiger partial charge in [-0.3, -0.25) is 0 Å². The van der Waals surface area contributed by atoms with Crippen LogP contribution >= 0.6 is 0 Å². The molecule has 0 aliphatic heterocycles. The molecule has 0 aliphatic rings. The Labute approximate surface area is 78.8 Å². The summed E-state index contributed by atoms with van der Waals surface area (Å²) in [5.41, 5.74) is 0. The zero-order chi connectivity index (χ0) is 10.1. The number of allylic oxidation sites excluding steroid dienone is 1. The van der Waals surface area contributed by atoms with Crippen molar-refractivity contribution in [3.05, 3.63) is 11.9 Å². The van der Waals surface area contributed by atoms with E-state index in [4.69, 9.17) is 0 Å². The van der Waals surface area contributed by atoms with Gasteiger partial charge in [-0.2, -0.15) is 4.39 Å². The number of ether oxygens (including phenoxy) is 1. The van der Waals surface area contributed by atoms with Gasteiger partial charge in [-0.15, -0.1) is 0 Å². The van der Waals surface area contributed by atoms with Gasteiger partial charge in [-0.25, -0.2) is 4.79 Å². The lowest BCUT2D eigenvalue weighted by atomic mass is 10.2. The molecule has 3 heteroatoms. The van der Waals surface area contributed by atoms with Crippen LogP contribution in [-0.2, 0) is 9.53 Å². The van der Waals surface area contributed by atoms with E-state index in [0.717, 1.165) is 19.3 Å². The molecule has 0 spiro atoms. The SMILES string of the molecule is CCCCC/C=C(/F)C(=O)OCC. The second kappa shape index (κ2) is 7.77. The highest BCUT2D eigenvalue weighted by Crippen LogP contribution is 2.06. The normalized spacial score (nSPS) is 11.5. The van der Waals surface area contributed by atoms with E-state index in [9.17, 15) is 9.18 Å². The summed E-state index contributed by atoms with van der Waals surface area (Å²) in [6, 6.07) is 0. The van der Waals surface area contributed by atoms with E-state index in [2.05, 4.69) is 11.7 Å². The van der Waals surface area contributed by atoms with E-state index >= 15 is 0 Å². The molecule has 0 N–H and O–H groups in total. The van der Waals surface area contributed by atoms with Gasteiger partial charge in [0.15, 0.2) is 0 Å². The zero-order valence-electron chi connectivity index (χ0n) is 8.31. The van der Waals surface area contributed by atoms with Gasteiger partial charge in [0.05, 0.1) is 6.61 Å². The van der Waals surface area contributed by atoms with Crippen molar-refractivity contribution in [1.82, 2.24) is 0 Å². The highest BCUT2D eigenvalue weighted by atomic mass is 19.1. The van der Waals surface area contributed by atoms with Crippen LogP contribution in [0.25, 0.3) is 0 Å². The maximum Gasteiger partial charge on any atom is 0.366 e. The predicted molar refractivity (Wildman–Crippen MR) is 50.0 cm³/mol. The second-order valence-corrected chi connectivity index (χ2v) is 2.77. The minimum atomic E-state index is -0.848. The number of carbonyl (C=O) groups is 1. The van der Waals surface area contributed by atoms with Crippen LogP contribution in [0.15, 0.2) is 11.9 Å². The van der Waals surface area contributed by atoms with Crippen molar-refractivity contribution in [2.24, 2.45) is 0 Å². The molecule has 0 saturated carbocycles. The Balaban J connectivity index is 3.67. The summed E-state index contributed by atoms with van der Waals surface area (Å²) in [6.45, 7) is 3.95. The summed E-state index contributed by atoms with van der Waals surface area (Å²) in [5.74, 6) is -1.61. The zero-order valence-corrected chi connectivity index (χ0v) is 8.31. The average Bonchev–Trinajstić information content (AvgIpc) is 2.12. The fraction of sp³-hybridized carbons (Fsp3) is 0.700. The molecule has 0 atom stereocenters. The minimum absolute atomic E-state index is 0.217.